The maximum absolute atomic E-state index is 10.8. The van der Waals surface area contributed by atoms with Crippen LogP contribution in [0.4, 0.5) is 0 Å². The summed E-state index contributed by atoms with van der Waals surface area (Å²) in [6.45, 7) is 0. The zero-order valence-corrected chi connectivity index (χ0v) is 9.23. The number of nitriles is 1. The summed E-state index contributed by atoms with van der Waals surface area (Å²) in [4.78, 5) is 15.2. The lowest BCUT2D eigenvalue weighted by Gasteiger charge is -2.04. The molecule has 0 atom stereocenters. The van der Waals surface area contributed by atoms with Crippen LogP contribution in [-0.2, 0) is 0 Å². The number of rotatable bonds is 2. The van der Waals surface area contributed by atoms with Gasteiger partial charge in [0.1, 0.15) is 17.5 Å². The monoisotopic (exact) mass is 246 g/mol. The zero-order chi connectivity index (χ0) is 12.4. The molecule has 17 heavy (non-hydrogen) atoms. The van der Waals surface area contributed by atoms with E-state index in [1.54, 1.807) is 12.1 Å². The number of aromatic nitrogens is 1. The fraction of sp³-hybridized carbons (Fsp3) is 0. The molecule has 0 unspecified atom stereocenters. The van der Waals surface area contributed by atoms with Gasteiger partial charge in [0, 0.05) is 10.4 Å². The topological polar surface area (TPSA) is 94.2 Å². The second-order valence-electron chi connectivity index (χ2n) is 3.15. The van der Waals surface area contributed by atoms with Crippen LogP contribution >= 0.6 is 11.3 Å². The molecule has 2 rings (SSSR count). The Bertz CT molecular complexity index is 614. The van der Waals surface area contributed by atoms with E-state index in [1.807, 2.05) is 11.4 Å². The summed E-state index contributed by atoms with van der Waals surface area (Å²) in [6.07, 6.45) is 0. The predicted octanol–water partition coefficient (Wildman–Crippen LogP) is 2.09. The van der Waals surface area contributed by atoms with Crippen molar-refractivity contribution < 1.29 is 15.0 Å². The minimum absolute atomic E-state index is 0.0114. The molecule has 0 saturated heterocycles. The number of pyridine rings is 1. The molecule has 0 saturated carbocycles. The lowest BCUT2D eigenvalue weighted by atomic mass is 10.1. The number of aromatic hydroxyl groups is 1. The van der Waals surface area contributed by atoms with Crippen LogP contribution in [-0.4, -0.2) is 21.2 Å². The van der Waals surface area contributed by atoms with E-state index in [9.17, 15) is 9.90 Å². The van der Waals surface area contributed by atoms with Crippen molar-refractivity contribution >= 4 is 17.3 Å². The third kappa shape index (κ3) is 1.96. The molecule has 0 fully saturated rings. The minimum Gasteiger partial charge on any atom is -0.505 e. The van der Waals surface area contributed by atoms with Gasteiger partial charge in [0.2, 0.25) is 0 Å². The summed E-state index contributed by atoms with van der Waals surface area (Å²) in [7, 11) is 0. The molecule has 2 heterocycles. The first-order chi connectivity index (χ1) is 8.13. The number of thiophene rings is 1. The largest absolute Gasteiger partial charge is 0.505 e. The van der Waals surface area contributed by atoms with Crippen molar-refractivity contribution in [3.05, 3.63) is 35.0 Å². The zero-order valence-electron chi connectivity index (χ0n) is 8.41. The highest BCUT2D eigenvalue weighted by Crippen LogP contribution is 2.31. The number of carboxylic acid groups (broad SMARTS) is 1. The Labute approximate surface area is 100 Å². The molecule has 0 aliphatic carbocycles. The van der Waals surface area contributed by atoms with E-state index in [2.05, 4.69) is 4.98 Å². The average Bonchev–Trinajstić information content (AvgIpc) is 2.81. The predicted molar refractivity (Wildman–Crippen MR) is 60.9 cm³/mol. The molecule has 2 N–H and O–H groups in total. The minimum atomic E-state index is -1.36. The first-order valence-corrected chi connectivity index (χ1v) is 5.42. The normalized spacial score (nSPS) is 9.82. The second-order valence-corrected chi connectivity index (χ2v) is 4.09. The molecular weight excluding hydrogens is 240 g/mol. The number of hydrogen-bond donors (Lipinski definition) is 2. The van der Waals surface area contributed by atoms with Crippen LogP contribution in [0.25, 0.3) is 10.4 Å². The van der Waals surface area contributed by atoms with E-state index >= 15 is 0 Å². The van der Waals surface area contributed by atoms with E-state index in [4.69, 9.17) is 10.4 Å². The van der Waals surface area contributed by atoms with Gasteiger partial charge in [-0.3, -0.25) is 0 Å². The number of carbonyl (C=O) groups is 1. The van der Waals surface area contributed by atoms with Crippen LogP contribution < -0.4 is 0 Å². The lowest BCUT2D eigenvalue weighted by Crippen LogP contribution is -2.03. The van der Waals surface area contributed by atoms with Gasteiger partial charge in [-0.1, -0.05) is 6.07 Å². The Balaban J connectivity index is 2.67. The fourth-order valence-electron chi connectivity index (χ4n) is 1.36. The summed E-state index contributed by atoms with van der Waals surface area (Å²) in [5.74, 6) is -1.81. The van der Waals surface area contributed by atoms with Crippen molar-refractivity contribution in [2.24, 2.45) is 0 Å². The highest BCUT2D eigenvalue weighted by molar-refractivity contribution is 7.13. The van der Waals surface area contributed by atoms with Crippen molar-refractivity contribution in [2.75, 3.05) is 0 Å². The molecule has 84 valence electrons. The quantitative estimate of drug-likeness (QED) is 0.846. The molecule has 0 aromatic carbocycles. The Morgan fingerprint density at radius 1 is 1.53 bits per heavy atom. The Hall–Kier alpha value is -2.39. The van der Waals surface area contributed by atoms with Gasteiger partial charge in [0.05, 0.1) is 0 Å². The van der Waals surface area contributed by atoms with Gasteiger partial charge in [-0.2, -0.15) is 5.26 Å². The molecule has 2 aromatic rings. The van der Waals surface area contributed by atoms with Crippen LogP contribution in [0.1, 0.15) is 16.2 Å². The Morgan fingerprint density at radius 2 is 2.29 bits per heavy atom. The van der Waals surface area contributed by atoms with Gasteiger partial charge in [0.15, 0.2) is 5.69 Å². The standard InChI is InChI=1S/C11H6N2O3S/c12-5-7-6(9-2-1-3-17-9)4-8(14)10(13-7)11(15)16/h1-4,14H,(H,15,16). The van der Waals surface area contributed by atoms with E-state index in [-0.39, 0.29) is 5.69 Å². The van der Waals surface area contributed by atoms with Crippen LogP contribution in [0.2, 0.25) is 0 Å². The van der Waals surface area contributed by atoms with Crippen LogP contribution in [0, 0.1) is 11.3 Å². The van der Waals surface area contributed by atoms with Crippen molar-refractivity contribution in [2.45, 2.75) is 0 Å². The number of carboxylic acids is 1. The van der Waals surface area contributed by atoms with Crippen LogP contribution in [0.3, 0.4) is 0 Å². The molecule has 2 aromatic heterocycles. The summed E-state index contributed by atoms with van der Waals surface area (Å²) >= 11 is 1.38. The Kier molecular flexibility index (Phi) is 2.77. The summed E-state index contributed by atoms with van der Waals surface area (Å²) < 4.78 is 0. The maximum Gasteiger partial charge on any atom is 0.358 e. The molecule has 0 aliphatic heterocycles. The lowest BCUT2D eigenvalue weighted by molar-refractivity contribution is 0.0687. The first kappa shape index (κ1) is 11.1. The molecule has 0 radical (unpaired) electrons. The van der Waals surface area contributed by atoms with E-state index < -0.39 is 17.4 Å². The van der Waals surface area contributed by atoms with Crippen molar-refractivity contribution in [1.29, 1.82) is 5.26 Å². The highest BCUT2D eigenvalue weighted by atomic mass is 32.1. The van der Waals surface area contributed by atoms with E-state index in [0.717, 1.165) is 4.88 Å². The maximum atomic E-state index is 10.8. The van der Waals surface area contributed by atoms with Gasteiger partial charge in [-0.15, -0.1) is 11.3 Å². The third-order valence-corrected chi connectivity index (χ3v) is 3.00. The van der Waals surface area contributed by atoms with Gasteiger partial charge >= 0.3 is 5.97 Å². The molecule has 0 bridgehead atoms. The molecule has 6 heteroatoms. The van der Waals surface area contributed by atoms with Gasteiger partial charge in [-0.05, 0) is 17.5 Å². The van der Waals surface area contributed by atoms with Crippen molar-refractivity contribution in [3.63, 3.8) is 0 Å². The summed E-state index contributed by atoms with van der Waals surface area (Å²) in [5.41, 5.74) is -0.0884. The molecule has 0 amide bonds. The van der Waals surface area contributed by atoms with Gasteiger partial charge in [0.25, 0.3) is 0 Å². The van der Waals surface area contributed by atoms with Crippen molar-refractivity contribution in [3.8, 4) is 22.3 Å². The number of nitrogens with zero attached hydrogens (tertiary/aromatic N) is 2. The smallest absolute Gasteiger partial charge is 0.358 e. The van der Waals surface area contributed by atoms with Gasteiger partial charge in [-0.25, -0.2) is 9.78 Å². The van der Waals surface area contributed by atoms with Gasteiger partial charge < -0.3 is 10.2 Å². The molecule has 0 aliphatic rings. The third-order valence-electron chi connectivity index (χ3n) is 2.10. The number of hydrogen-bond acceptors (Lipinski definition) is 5. The van der Waals surface area contributed by atoms with Crippen LogP contribution in [0.15, 0.2) is 23.6 Å². The Morgan fingerprint density at radius 3 is 2.82 bits per heavy atom. The highest BCUT2D eigenvalue weighted by Gasteiger charge is 2.17. The number of aromatic carboxylic acids is 1. The van der Waals surface area contributed by atoms with E-state index in [0.29, 0.717) is 5.56 Å². The summed E-state index contributed by atoms with van der Waals surface area (Å²) in [6, 6.07) is 6.64. The molecule has 0 spiro atoms. The SMILES string of the molecule is N#Cc1nc(C(=O)O)c(O)cc1-c1cccs1. The molecular formula is C11H6N2O3S. The average molecular weight is 246 g/mol. The van der Waals surface area contributed by atoms with E-state index in [1.165, 1.54) is 17.4 Å². The first-order valence-electron chi connectivity index (χ1n) is 4.54. The summed E-state index contributed by atoms with van der Waals surface area (Å²) in [5, 5.41) is 29.1. The fourth-order valence-corrected chi connectivity index (χ4v) is 2.11. The van der Waals surface area contributed by atoms with Crippen LogP contribution in [0.5, 0.6) is 5.75 Å². The second kappa shape index (κ2) is 4.23. The van der Waals surface area contributed by atoms with Crippen molar-refractivity contribution in [1.82, 2.24) is 4.98 Å². The molecule has 5 nitrogen and oxygen atoms in total.